The summed E-state index contributed by atoms with van der Waals surface area (Å²) in [4.78, 5) is 18.3. The Kier molecular flexibility index (Phi) is 7.83. The van der Waals surface area contributed by atoms with Crippen LogP contribution in [0.3, 0.4) is 0 Å². The lowest BCUT2D eigenvalue weighted by atomic mass is 9.99. The number of benzene rings is 2. The van der Waals surface area contributed by atoms with Gasteiger partial charge >= 0.3 is 0 Å². The van der Waals surface area contributed by atoms with E-state index in [-0.39, 0.29) is 11.3 Å². The summed E-state index contributed by atoms with van der Waals surface area (Å²) in [5, 5.41) is 10.4. The van der Waals surface area contributed by atoms with E-state index in [0.29, 0.717) is 35.6 Å². The van der Waals surface area contributed by atoms with Crippen molar-refractivity contribution in [3.8, 4) is 17.0 Å². The maximum atomic E-state index is 13.5. The van der Waals surface area contributed by atoms with E-state index in [1.807, 2.05) is 41.8 Å². The zero-order valence-corrected chi connectivity index (χ0v) is 18.1. The van der Waals surface area contributed by atoms with Crippen LogP contribution in [0.25, 0.3) is 11.3 Å². The van der Waals surface area contributed by atoms with Gasteiger partial charge in [0.05, 0.1) is 5.69 Å². The third-order valence-electron chi connectivity index (χ3n) is 5.60. The first-order valence-electron chi connectivity index (χ1n) is 11.0. The summed E-state index contributed by atoms with van der Waals surface area (Å²) in [6, 6.07) is 17.3. The summed E-state index contributed by atoms with van der Waals surface area (Å²) in [7, 11) is 0. The minimum absolute atomic E-state index is 0.0205. The number of unbranched alkanes of at least 4 members (excludes halogenated alkanes) is 4. The molecule has 0 aliphatic carbocycles. The number of hydrogen-bond donors (Lipinski definition) is 1. The predicted molar refractivity (Wildman–Crippen MR) is 123 cm³/mol. The molecule has 0 radical (unpaired) electrons. The number of phenols is 1. The molecule has 0 atom stereocenters. The maximum Gasteiger partial charge on any atom is 0.257 e. The number of aromatic nitrogens is 2. The van der Waals surface area contributed by atoms with Gasteiger partial charge in [-0.1, -0.05) is 75.1 Å². The quantitative estimate of drug-likeness (QED) is 0.442. The smallest absolute Gasteiger partial charge is 0.257 e. The highest BCUT2D eigenvalue weighted by Crippen LogP contribution is 2.29. The highest BCUT2D eigenvalue weighted by molar-refractivity contribution is 5.69. The summed E-state index contributed by atoms with van der Waals surface area (Å²) >= 11 is 0. The van der Waals surface area contributed by atoms with Gasteiger partial charge in [0.15, 0.2) is 0 Å². The highest BCUT2D eigenvalue weighted by atomic mass is 16.3. The molecule has 0 spiro atoms. The molecule has 2 aromatic carbocycles. The van der Waals surface area contributed by atoms with Crippen molar-refractivity contribution in [2.45, 2.75) is 65.3 Å². The van der Waals surface area contributed by atoms with Crippen LogP contribution in [-0.4, -0.2) is 14.7 Å². The second kappa shape index (κ2) is 10.8. The van der Waals surface area contributed by atoms with Gasteiger partial charge in [0.2, 0.25) is 0 Å². The standard InChI is InChI=1S/C26H32N2O2/c1-3-4-5-6-12-19-28-20(2)27-25(22-15-10-11-16-24(22)29)23(26(28)30)18-17-21-13-8-7-9-14-21/h7-11,13-16,29H,3-6,12,17-19H2,1-2H3. The third-order valence-corrected chi connectivity index (χ3v) is 5.60. The number of aryl methyl sites for hydroxylation is 2. The molecule has 0 aliphatic rings. The van der Waals surface area contributed by atoms with Crippen molar-refractivity contribution in [3.63, 3.8) is 0 Å². The number of hydrogen-bond acceptors (Lipinski definition) is 3. The molecule has 3 rings (SSSR count). The van der Waals surface area contributed by atoms with E-state index in [4.69, 9.17) is 4.98 Å². The van der Waals surface area contributed by atoms with Crippen LogP contribution in [0.4, 0.5) is 0 Å². The summed E-state index contributed by atoms with van der Waals surface area (Å²) in [5.41, 5.74) is 3.11. The molecular weight excluding hydrogens is 372 g/mol. The van der Waals surface area contributed by atoms with Crippen molar-refractivity contribution in [2.24, 2.45) is 0 Å². The summed E-state index contributed by atoms with van der Waals surface area (Å²) in [5.74, 6) is 0.860. The number of aromatic hydroxyl groups is 1. The number of phenolic OH excluding ortho intramolecular Hbond substituents is 1. The fourth-order valence-electron chi connectivity index (χ4n) is 3.87. The van der Waals surface area contributed by atoms with Crippen LogP contribution >= 0.6 is 0 Å². The molecule has 30 heavy (non-hydrogen) atoms. The lowest BCUT2D eigenvalue weighted by molar-refractivity contribution is 0.476. The highest BCUT2D eigenvalue weighted by Gasteiger charge is 2.18. The second-order valence-electron chi connectivity index (χ2n) is 7.86. The molecule has 3 aromatic rings. The van der Waals surface area contributed by atoms with E-state index in [2.05, 4.69) is 19.1 Å². The largest absolute Gasteiger partial charge is 0.507 e. The maximum absolute atomic E-state index is 13.5. The van der Waals surface area contributed by atoms with E-state index in [0.717, 1.165) is 19.3 Å². The molecule has 0 fully saturated rings. The normalized spacial score (nSPS) is 11.0. The zero-order chi connectivity index (χ0) is 21.3. The number of para-hydroxylation sites is 1. The van der Waals surface area contributed by atoms with Crippen LogP contribution in [0.2, 0.25) is 0 Å². The van der Waals surface area contributed by atoms with Gasteiger partial charge in [0.1, 0.15) is 11.6 Å². The topological polar surface area (TPSA) is 55.1 Å². The van der Waals surface area contributed by atoms with Crippen LogP contribution < -0.4 is 5.56 Å². The Morgan fingerprint density at radius 2 is 1.60 bits per heavy atom. The molecule has 0 aliphatic heterocycles. The third kappa shape index (κ3) is 5.38. The zero-order valence-electron chi connectivity index (χ0n) is 18.1. The molecule has 1 heterocycles. The van der Waals surface area contributed by atoms with Crippen molar-refractivity contribution < 1.29 is 5.11 Å². The van der Waals surface area contributed by atoms with Crippen molar-refractivity contribution in [1.82, 2.24) is 9.55 Å². The summed E-state index contributed by atoms with van der Waals surface area (Å²) in [6.45, 7) is 4.79. The fourth-order valence-corrected chi connectivity index (χ4v) is 3.87. The van der Waals surface area contributed by atoms with Crippen molar-refractivity contribution in [3.05, 3.63) is 81.9 Å². The fraction of sp³-hybridized carbons (Fsp3) is 0.385. The monoisotopic (exact) mass is 404 g/mol. The molecule has 0 saturated heterocycles. The van der Waals surface area contributed by atoms with Gasteiger partial charge in [0.25, 0.3) is 5.56 Å². The first-order valence-corrected chi connectivity index (χ1v) is 11.0. The minimum atomic E-state index is 0.0205. The first kappa shape index (κ1) is 21.8. The predicted octanol–water partition coefficient (Wildman–Crippen LogP) is 5.68. The molecule has 158 valence electrons. The second-order valence-corrected chi connectivity index (χ2v) is 7.86. The van der Waals surface area contributed by atoms with E-state index < -0.39 is 0 Å². The lowest BCUT2D eigenvalue weighted by Crippen LogP contribution is -2.28. The van der Waals surface area contributed by atoms with Gasteiger partial charge in [-0.2, -0.15) is 0 Å². The Morgan fingerprint density at radius 1 is 0.900 bits per heavy atom. The average Bonchev–Trinajstić information content (AvgIpc) is 2.76. The van der Waals surface area contributed by atoms with Crippen LogP contribution in [-0.2, 0) is 19.4 Å². The molecular formula is C26H32N2O2. The summed E-state index contributed by atoms with van der Waals surface area (Å²) < 4.78 is 1.82. The van der Waals surface area contributed by atoms with Gasteiger partial charge < -0.3 is 5.11 Å². The molecule has 0 amide bonds. The molecule has 0 bridgehead atoms. The van der Waals surface area contributed by atoms with Gasteiger partial charge in [0, 0.05) is 17.7 Å². The Bertz CT molecular complexity index is 1010. The van der Waals surface area contributed by atoms with Crippen LogP contribution in [0.5, 0.6) is 5.75 Å². The Hall–Kier alpha value is -2.88. The lowest BCUT2D eigenvalue weighted by Gasteiger charge is -2.16. The summed E-state index contributed by atoms with van der Waals surface area (Å²) in [6.07, 6.45) is 7.11. The van der Waals surface area contributed by atoms with E-state index in [9.17, 15) is 9.90 Å². The van der Waals surface area contributed by atoms with Crippen molar-refractivity contribution in [1.29, 1.82) is 0 Å². The molecule has 1 aromatic heterocycles. The van der Waals surface area contributed by atoms with Crippen LogP contribution in [0.1, 0.15) is 56.0 Å². The average molecular weight is 405 g/mol. The van der Waals surface area contributed by atoms with E-state index in [1.165, 1.54) is 24.8 Å². The van der Waals surface area contributed by atoms with Gasteiger partial charge in [-0.25, -0.2) is 4.98 Å². The van der Waals surface area contributed by atoms with Crippen molar-refractivity contribution in [2.75, 3.05) is 0 Å². The number of rotatable bonds is 10. The van der Waals surface area contributed by atoms with Gasteiger partial charge in [-0.3, -0.25) is 9.36 Å². The number of nitrogens with zero attached hydrogens (tertiary/aromatic N) is 2. The molecule has 4 heteroatoms. The Balaban J connectivity index is 1.95. The molecule has 0 saturated carbocycles. The molecule has 0 unspecified atom stereocenters. The van der Waals surface area contributed by atoms with Gasteiger partial charge in [-0.15, -0.1) is 0 Å². The molecule has 4 nitrogen and oxygen atoms in total. The Morgan fingerprint density at radius 3 is 2.33 bits per heavy atom. The SMILES string of the molecule is CCCCCCCn1c(C)nc(-c2ccccc2O)c(CCc2ccccc2)c1=O. The van der Waals surface area contributed by atoms with Gasteiger partial charge in [-0.05, 0) is 43.9 Å². The van der Waals surface area contributed by atoms with Crippen molar-refractivity contribution >= 4 is 0 Å². The first-order chi connectivity index (χ1) is 14.6. The van der Waals surface area contributed by atoms with E-state index >= 15 is 0 Å². The van der Waals surface area contributed by atoms with Crippen LogP contribution in [0.15, 0.2) is 59.4 Å². The molecule has 1 N–H and O–H groups in total. The Labute approximate surface area is 179 Å². The van der Waals surface area contributed by atoms with E-state index in [1.54, 1.807) is 12.1 Å². The minimum Gasteiger partial charge on any atom is -0.507 e. The van der Waals surface area contributed by atoms with Crippen LogP contribution in [0, 0.1) is 6.92 Å².